The Balaban J connectivity index is 1.71. The number of H-pyrrole nitrogens is 1. The van der Waals surface area contributed by atoms with E-state index in [1.807, 2.05) is 54.6 Å². The van der Waals surface area contributed by atoms with Crippen molar-refractivity contribution in [1.82, 2.24) is 9.97 Å². The predicted octanol–water partition coefficient (Wildman–Crippen LogP) is 3.03. The minimum atomic E-state index is -0.303. The van der Waals surface area contributed by atoms with E-state index in [0.717, 1.165) is 5.56 Å². The molecule has 1 aromatic heterocycles. The molecule has 0 fully saturated rings. The van der Waals surface area contributed by atoms with E-state index in [1.54, 1.807) is 18.4 Å². The number of allylic oxidation sites excluding steroid dienone is 1. The summed E-state index contributed by atoms with van der Waals surface area (Å²) in [4.78, 5) is 18.8. The molecule has 0 bridgehead atoms. The summed E-state index contributed by atoms with van der Waals surface area (Å²) in [5.41, 5.74) is 4.84. The first-order valence-electron chi connectivity index (χ1n) is 6.83. The van der Waals surface area contributed by atoms with Crippen LogP contribution >= 0.6 is 0 Å². The fraction of sp³-hybridized carbons (Fsp3) is 0. The Morgan fingerprint density at radius 1 is 1.05 bits per heavy atom. The Labute approximate surface area is 127 Å². The van der Waals surface area contributed by atoms with Crippen molar-refractivity contribution in [3.8, 4) is 0 Å². The van der Waals surface area contributed by atoms with E-state index in [0.29, 0.717) is 11.0 Å². The molecule has 2 N–H and O–H groups in total. The molecule has 1 heterocycles. The van der Waals surface area contributed by atoms with E-state index < -0.39 is 0 Å². The van der Waals surface area contributed by atoms with Crippen molar-refractivity contribution in [2.75, 3.05) is 5.43 Å². The number of nitrogens with one attached hydrogen (secondary N) is 2. The Kier molecular flexibility index (Phi) is 4.06. The SMILES string of the molecule is O=c1[nH]c2ccccc2nc1N/N=C\C=C/c1ccccc1. The molecular weight excluding hydrogens is 276 g/mol. The number of hydrogen-bond donors (Lipinski definition) is 2. The molecule has 0 unspecified atom stereocenters. The minimum absolute atomic E-state index is 0.170. The van der Waals surface area contributed by atoms with Crippen LogP contribution in [0.25, 0.3) is 17.1 Å². The molecule has 0 aliphatic carbocycles. The molecule has 0 aliphatic rings. The molecule has 0 amide bonds. The van der Waals surface area contributed by atoms with Gasteiger partial charge < -0.3 is 4.98 Å². The number of anilines is 1. The number of rotatable bonds is 4. The topological polar surface area (TPSA) is 70.1 Å². The van der Waals surface area contributed by atoms with Crippen LogP contribution in [0.4, 0.5) is 5.82 Å². The van der Waals surface area contributed by atoms with Gasteiger partial charge in [0.25, 0.3) is 5.56 Å². The zero-order valence-corrected chi connectivity index (χ0v) is 11.7. The molecule has 2 aromatic carbocycles. The Hall–Kier alpha value is -3.21. The molecule has 3 aromatic rings. The second kappa shape index (κ2) is 6.49. The minimum Gasteiger partial charge on any atom is -0.317 e. The lowest BCUT2D eigenvalue weighted by molar-refractivity contribution is 1.17. The molecule has 0 radical (unpaired) electrons. The third kappa shape index (κ3) is 3.27. The average molecular weight is 290 g/mol. The van der Waals surface area contributed by atoms with Crippen molar-refractivity contribution in [2.24, 2.45) is 5.10 Å². The third-order valence-electron chi connectivity index (χ3n) is 3.02. The van der Waals surface area contributed by atoms with Crippen molar-refractivity contribution in [1.29, 1.82) is 0 Å². The number of nitrogens with zero attached hydrogens (tertiary/aromatic N) is 2. The van der Waals surface area contributed by atoms with Gasteiger partial charge in [-0.1, -0.05) is 48.5 Å². The Morgan fingerprint density at radius 2 is 1.82 bits per heavy atom. The smallest absolute Gasteiger partial charge is 0.293 e. The lowest BCUT2D eigenvalue weighted by atomic mass is 10.2. The van der Waals surface area contributed by atoms with Crippen LogP contribution < -0.4 is 11.0 Å². The van der Waals surface area contributed by atoms with Crippen molar-refractivity contribution in [2.45, 2.75) is 0 Å². The maximum absolute atomic E-state index is 11.8. The molecule has 3 rings (SSSR count). The van der Waals surface area contributed by atoms with Crippen LogP contribution in [0, 0.1) is 0 Å². The van der Waals surface area contributed by atoms with Gasteiger partial charge in [-0.05, 0) is 23.8 Å². The van der Waals surface area contributed by atoms with Crippen molar-refractivity contribution < 1.29 is 0 Å². The van der Waals surface area contributed by atoms with Gasteiger partial charge in [0.2, 0.25) is 5.82 Å². The number of fused-ring (bicyclic) bond motifs is 1. The Bertz CT molecular complexity index is 882. The molecule has 5 nitrogen and oxygen atoms in total. The van der Waals surface area contributed by atoms with Crippen molar-refractivity contribution in [3.63, 3.8) is 0 Å². The number of hydrogen-bond acceptors (Lipinski definition) is 4. The second-order valence-corrected chi connectivity index (χ2v) is 4.59. The summed E-state index contributed by atoms with van der Waals surface area (Å²) >= 11 is 0. The third-order valence-corrected chi connectivity index (χ3v) is 3.02. The zero-order valence-electron chi connectivity index (χ0n) is 11.7. The summed E-state index contributed by atoms with van der Waals surface area (Å²) < 4.78 is 0. The largest absolute Gasteiger partial charge is 0.317 e. The first kappa shape index (κ1) is 13.8. The van der Waals surface area contributed by atoms with Crippen molar-refractivity contribution >= 4 is 29.1 Å². The van der Waals surface area contributed by atoms with Gasteiger partial charge >= 0.3 is 0 Å². The maximum Gasteiger partial charge on any atom is 0.293 e. The van der Waals surface area contributed by atoms with Crippen LogP contribution in [0.15, 0.2) is 70.6 Å². The van der Waals surface area contributed by atoms with Crippen LogP contribution in [0.2, 0.25) is 0 Å². The molecule has 0 spiro atoms. The first-order valence-corrected chi connectivity index (χ1v) is 6.83. The van der Waals surface area contributed by atoms with Gasteiger partial charge in [-0.25, -0.2) is 4.98 Å². The average Bonchev–Trinajstić information content (AvgIpc) is 2.56. The van der Waals surface area contributed by atoms with E-state index in [4.69, 9.17) is 0 Å². The highest BCUT2D eigenvalue weighted by molar-refractivity contribution is 5.79. The summed E-state index contributed by atoms with van der Waals surface area (Å²) in [6.45, 7) is 0. The lowest BCUT2D eigenvalue weighted by Gasteiger charge is -2.00. The summed E-state index contributed by atoms with van der Waals surface area (Å²) in [6.07, 6.45) is 5.28. The van der Waals surface area contributed by atoms with E-state index in [9.17, 15) is 4.79 Å². The Morgan fingerprint density at radius 3 is 2.68 bits per heavy atom. The zero-order chi connectivity index (χ0) is 15.2. The maximum atomic E-state index is 11.8. The number of para-hydroxylation sites is 2. The van der Waals surface area contributed by atoms with E-state index in [-0.39, 0.29) is 11.4 Å². The van der Waals surface area contributed by atoms with Gasteiger partial charge in [0, 0.05) is 6.21 Å². The molecular formula is C17H14N4O. The molecule has 108 valence electrons. The highest BCUT2D eigenvalue weighted by Gasteiger charge is 2.02. The van der Waals surface area contributed by atoms with E-state index in [2.05, 4.69) is 20.5 Å². The van der Waals surface area contributed by atoms with Gasteiger partial charge in [0.15, 0.2) is 0 Å². The van der Waals surface area contributed by atoms with E-state index in [1.165, 1.54) is 0 Å². The standard InChI is InChI=1S/C17H14N4O/c22-17-16(19-14-10-4-5-11-15(14)20-17)21-18-12-6-9-13-7-2-1-3-8-13/h1-12H,(H,19,21)(H,20,22)/b9-6-,18-12-. The number of aromatic nitrogens is 2. The highest BCUT2D eigenvalue weighted by Crippen LogP contribution is 2.07. The number of aromatic amines is 1. The molecule has 0 atom stereocenters. The fourth-order valence-corrected chi connectivity index (χ4v) is 1.97. The molecule has 0 aliphatic heterocycles. The molecule has 5 heteroatoms. The van der Waals surface area contributed by atoms with E-state index >= 15 is 0 Å². The molecule has 0 saturated carbocycles. The van der Waals surface area contributed by atoms with Crippen LogP contribution in [-0.2, 0) is 0 Å². The van der Waals surface area contributed by atoms with Gasteiger partial charge in [0.1, 0.15) is 0 Å². The van der Waals surface area contributed by atoms with Crippen LogP contribution in [0.3, 0.4) is 0 Å². The monoisotopic (exact) mass is 290 g/mol. The quantitative estimate of drug-likeness (QED) is 0.573. The number of hydrazone groups is 1. The van der Waals surface area contributed by atoms with Gasteiger partial charge in [-0.2, -0.15) is 5.10 Å². The molecule has 0 saturated heterocycles. The van der Waals surface area contributed by atoms with Crippen LogP contribution in [0.5, 0.6) is 0 Å². The first-order chi connectivity index (χ1) is 10.8. The predicted molar refractivity (Wildman–Crippen MR) is 90.0 cm³/mol. The van der Waals surface area contributed by atoms with Gasteiger partial charge in [0.05, 0.1) is 11.0 Å². The summed E-state index contributed by atoms with van der Waals surface area (Å²) in [7, 11) is 0. The summed E-state index contributed by atoms with van der Waals surface area (Å²) in [5, 5.41) is 3.98. The summed E-state index contributed by atoms with van der Waals surface area (Å²) in [5.74, 6) is 0.170. The summed E-state index contributed by atoms with van der Waals surface area (Å²) in [6, 6.07) is 17.2. The molecule has 22 heavy (non-hydrogen) atoms. The normalized spacial score (nSPS) is 11.5. The fourth-order valence-electron chi connectivity index (χ4n) is 1.97. The highest BCUT2D eigenvalue weighted by atomic mass is 16.1. The van der Waals surface area contributed by atoms with Crippen LogP contribution in [-0.4, -0.2) is 16.2 Å². The van der Waals surface area contributed by atoms with Crippen LogP contribution in [0.1, 0.15) is 5.56 Å². The lowest BCUT2D eigenvalue weighted by Crippen LogP contribution is -2.13. The van der Waals surface area contributed by atoms with Gasteiger partial charge in [-0.3, -0.25) is 10.2 Å². The second-order valence-electron chi connectivity index (χ2n) is 4.59. The van der Waals surface area contributed by atoms with Gasteiger partial charge in [-0.15, -0.1) is 0 Å². The van der Waals surface area contributed by atoms with Crippen molar-refractivity contribution in [3.05, 3.63) is 76.6 Å². The number of benzene rings is 2.